The zero-order valence-electron chi connectivity index (χ0n) is 17.2. The molecule has 0 amide bonds. The number of hydrogen-bond donors (Lipinski definition) is 0. The second-order valence-corrected chi connectivity index (χ2v) is 8.98. The monoisotopic (exact) mass is 438 g/mol. The summed E-state index contributed by atoms with van der Waals surface area (Å²) in [5, 5.41) is 0.691. The largest absolute Gasteiger partial charge is 0.373 e. The molecule has 0 unspecified atom stereocenters. The minimum Gasteiger partial charge on any atom is -0.373 e. The molecule has 0 saturated heterocycles. The normalized spacial score (nSPS) is 11.4. The van der Waals surface area contributed by atoms with E-state index in [4.69, 9.17) is 11.6 Å². The maximum absolute atomic E-state index is 13.1. The molecule has 30 heavy (non-hydrogen) atoms. The third-order valence-corrected chi connectivity index (χ3v) is 6.43. The smallest absolute Gasteiger partial charge is 0.275 e. The van der Waals surface area contributed by atoms with Crippen LogP contribution in [0.4, 0.5) is 5.69 Å². The molecule has 0 aliphatic carbocycles. The molecule has 2 aromatic heterocycles. The number of anilines is 1. The SMILES string of the molecule is CN(C)CCN(C)c1ccc(-n2cnc3cc(-c4ccc(Cl)cc4)sc3c2=O)cc1. The zero-order chi connectivity index (χ0) is 21.3. The highest BCUT2D eigenvalue weighted by Gasteiger charge is 2.12. The van der Waals surface area contributed by atoms with Gasteiger partial charge in [0.05, 0.1) is 11.2 Å². The molecule has 5 nitrogen and oxygen atoms in total. The summed E-state index contributed by atoms with van der Waals surface area (Å²) in [6.07, 6.45) is 1.60. The second kappa shape index (κ2) is 8.60. The first-order valence-corrected chi connectivity index (χ1v) is 10.9. The highest BCUT2D eigenvalue weighted by Crippen LogP contribution is 2.31. The van der Waals surface area contributed by atoms with E-state index in [9.17, 15) is 4.79 Å². The fourth-order valence-corrected chi connectivity index (χ4v) is 4.37. The van der Waals surface area contributed by atoms with Crippen molar-refractivity contribution in [2.45, 2.75) is 0 Å². The number of fused-ring (bicyclic) bond motifs is 1. The van der Waals surface area contributed by atoms with Crippen LogP contribution in [0.15, 0.2) is 65.7 Å². The first-order chi connectivity index (χ1) is 14.4. The van der Waals surface area contributed by atoms with Crippen molar-refractivity contribution < 1.29 is 0 Å². The molecule has 154 valence electrons. The third kappa shape index (κ3) is 4.26. The summed E-state index contributed by atoms with van der Waals surface area (Å²) in [5.74, 6) is 0. The van der Waals surface area contributed by atoms with Gasteiger partial charge in [0.1, 0.15) is 11.0 Å². The van der Waals surface area contributed by atoms with Crippen molar-refractivity contribution in [3.8, 4) is 16.1 Å². The molecule has 0 atom stereocenters. The van der Waals surface area contributed by atoms with Crippen molar-refractivity contribution >= 4 is 38.8 Å². The minimum absolute atomic E-state index is 0.0566. The van der Waals surface area contributed by atoms with Crippen molar-refractivity contribution in [3.63, 3.8) is 0 Å². The van der Waals surface area contributed by atoms with Gasteiger partial charge in [-0.3, -0.25) is 9.36 Å². The number of likely N-dealkylation sites (N-methyl/N-ethyl adjacent to an activating group) is 2. The van der Waals surface area contributed by atoms with Crippen molar-refractivity contribution in [2.24, 2.45) is 0 Å². The summed E-state index contributed by atoms with van der Waals surface area (Å²) in [6, 6.07) is 17.6. The lowest BCUT2D eigenvalue weighted by Gasteiger charge is -2.21. The van der Waals surface area contributed by atoms with Crippen LogP contribution in [0.5, 0.6) is 0 Å². The van der Waals surface area contributed by atoms with Crippen molar-refractivity contribution in [3.05, 3.63) is 76.3 Å². The first-order valence-electron chi connectivity index (χ1n) is 9.66. The van der Waals surface area contributed by atoms with E-state index in [-0.39, 0.29) is 5.56 Å². The molecule has 0 saturated carbocycles. The predicted octanol–water partition coefficient (Wildman–Crippen LogP) is 4.77. The fraction of sp³-hybridized carbons (Fsp3) is 0.217. The Morgan fingerprint density at radius 2 is 1.70 bits per heavy atom. The van der Waals surface area contributed by atoms with Crippen LogP contribution in [0.3, 0.4) is 0 Å². The lowest BCUT2D eigenvalue weighted by molar-refractivity contribution is 0.416. The van der Waals surface area contributed by atoms with Gasteiger partial charge in [-0.05, 0) is 62.1 Å². The van der Waals surface area contributed by atoms with Gasteiger partial charge < -0.3 is 9.80 Å². The quantitative estimate of drug-likeness (QED) is 0.435. The molecule has 0 radical (unpaired) electrons. The number of thiophene rings is 1. The Labute approximate surface area is 184 Å². The molecule has 2 aromatic carbocycles. The maximum atomic E-state index is 13.1. The number of aromatic nitrogens is 2. The van der Waals surface area contributed by atoms with Gasteiger partial charge in [0.15, 0.2) is 0 Å². The molecule has 0 fully saturated rings. The summed E-state index contributed by atoms with van der Waals surface area (Å²) in [5.41, 5.74) is 3.60. The first kappa shape index (κ1) is 20.6. The van der Waals surface area contributed by atoms with Gasteiger partial charge in [0.25, 0.3) is 5.56 Å². The van der Waals surface area contributed by atoms with Gasteiger partial charge in [-0.2, -0.15) is 0 Å². The average Bonchev–Trinajstić information content (AvgIpc) is 3.18. The molecule has 4 aromatic rings. The number of halogens is 1. The summed E-state index contributed by atoms with van der Waals surface area (Å²) in [4.78, 5) is 23.0. The molecular weight excluding hydrogens is 416 g/mol. The average molecular weight is 439 g/mol. The van der Waals surface area contributed by atoms with Gasteiger partial charge in [-0.25, -0.2) is 4.98 Å². The number of rotatable bonds is 6. The van der Waals surface area contributed by atoms with Crippen LogP contribution in [0.2, 0.25) is 5.02 Å². The molecule has 0 aliphatic heterocycles. The van der Waals surface area contributed by atoms with Gasteiger partial charge in [0.2, 0.25) is 0 Å². The molecule has 0 N–H and O–H groups in total. The molecular formula is C23H23ClN4OS. The van der Waals surface area contributed by atoms with Crippen molar-refractivity contribution in [1.29, 1.82) is 0 Å². The molecule has 2 heterocycles. The van der Waals surface area contributed by atoms with E-state index in [1.807, 2.05) is 54.6 Å². The lowest BCUT2D eigenvalue weighted by atomic mass is 10.2. The van der Waals surface area contributed by atoms with Gasteiger partial charge in [-0.1, -0.05) is 23.7 Å². The zero-order valence-corrected chi connectivity index (χ0v) is 18.7. The Bertz CT molecular complexity index is 1210. The van der Waals surface area contributed by atoms with Crippen LogP contribution < -0.4 is 10.5 Å². The Morgan fingerprint density at radius 3 is 2.37 bits per heavy atom. The Morgan fingerprint density at radius 1 is 1.00 bits per heavy atom. The number of nitrogens with zero attached hydrogens (tertiary/aromatic N) is 4. The van der Waals surface area contributed by atoms with Crippen molar-refractivity contribution in [2.75, 3.05) is 39.1 Å². The Kier molecular flexibility index (Phi) is 5.90. The van der Waals surface area contributed by atoms with Crippen molar-refractivity contribution in [1.82, 2.24) is 14.5 Å². The van der Waals surface area contributed by atoms with Gasteiger partial charge >= 0.3 is 0 Å². The lowest BCUT2D eigenvalue weighted by Crippen LogP contribution is -2.28. The standard InChI is InChI=1S/C23H23ClN4OS/c1-26(2)12-13-27(3)18-8-10-19(11-9-18)28-15-25-20-14-21(30-22(20)23(28)29)16-4-6-17(24)7-5-16/h4-11,14-15H,12-13H2,1-3H3. The number of hydrogen-bond acceptors (Lipinski definition) is 5. The predicted molar refractivity (Wildman–Crippen MR) is 127 cm³/mol. The molecule has 0 aliphatic rings. The molecule has 0 bridgehead atoms. The highest BCUT2D eigenvalue weighted by molar-refractivity contribution is 7.22. The van der Waals surface area contributed by atoms with E-state index in [1.54, 1.807) is 10.9 Å². The van der Waals surface area contributed by atoms with E-state index < -0.39 is 0 Å². The molecule has 7 heteroatoms. The van der Waals surface area contributed by atoms with Crippen LogP contribution in [0, 0.1) is 0 Å². The minimum atomic E-state index is -0.0566. The summed E-state index contributed by atoms with van der Waals surface area (Å²) >= 11 is 7.44. The van der Waals surface area contributed by atoms with E-state index in [0.717, 1.165) is 34.9 Å². The molecule has 0 spiro atoms. The summed E-state index contributed by atoms with van der Waals surface area (Å²) in [6.45, 7) is 1.91. The van der Waals surface area contributed by atoms with Gasteiger partial charge in [0, 0.05) is 35.7 Å². The van der Waals surface area contributed by atoms with E-state index in [0.29, 0.717) is 15.2 Å². The third-order valence-electron chi connectivity index (χ3n) is 5.02. The second-order valence-electron chi connectivity index (χ2n) is 7.49. The fourth-order valence-electron chi connectivity index (χ4n) is 3.20. The Hall–Kier alpha value is -2.67. The van der Waals surface area contributed by atoms with Crippen LogP contribution in [0.25, 0.3) is 26.3 Å². The van der Waals surface area contributed by atoms with E-state index in [2.05, 4.69) is 35.9 Å². The van der Waals surface area contributed by atoms with E-state index >= 15 is 0 Å². The van der Waals surface area contributed by atoms with Crippen LogP contribution in [0.1, 0.15) is 0 Å². The topological polar surface area (TPSA) is 41.4 Å². The van der Waals surface area contributed by atoms with Gasteiger partial charge in [-0.15, -0.1) is 11.3 Å². The van der Waals surface area contributed by atoms with Crippen LogP contribution in [-0.2, 0) is 0 Å². The van der Waals surface area contributed by atoms with Crippen LogP contribution >= 0.6 is 22.9 Å². The molecule has 4 rings (SSSR count). The Balaban J connectivity index is 1.64. The highest BCUT2D eigenvalue weighted by atomic mass is 35.5. The van der Waals surface area contributed by atoms with Crippen LogP contribution in [-0.4, -0.2) is 48.7 Å². The maximum Gasteiger partial charge on any atom is 0.275 e. The summed E-state index contributed by atoms with van der Waals surface area (Å²) in [7, 11) is 6.20. The van der Waals surface area contributed by atoms with E-state index in [1.165, 1.54) is 11.3 Å². The number of benzene rings is 2. The summed E-state index contributed by atoms with van der Waals surface area (Å²) < 4.78 is 2.25.